The number of carboxylic acids is 1. The van der Waals surface area contributed by atoms with E-state index in [1.807, 2.05) is 0 Å². The minimum atomic E-state index is -1.21. The third-order valence-corrected chi connectivity index (χ3v) is 7.79. The summed E-state index contributed by atoms with van der Waals surface area (Å²) in [6, 6.07) is 8.79. The molecule has 2 saturated heterocycles. The molecule has 13 nitrogen and oxygen atoms in total. The van der Waals surface area contributed by atoms with Crippen molar-refractivity contribution in [1.29, 1.82) is 0 Å². The molecular weight excluding hydrogens is 558 g/mol. The summed E-state index contributed by atoms with van der Waals surface area (Å²) in [5.41, 5.74) is 7.63. The van der Waals surface area contributed by atoms with Crippen LogP contribution in [0.25, 0.3) is 0 Å². The second-order valence-electron chi connectivity index (χ2n) is 10.9. The van der Waals surface area contributed by atoms with Gasteiger partial charge in [-0.05, 0) is 67.5 Å². The smallest absolute Gasteiger partial charge is 0.322 e. The van der Waals surface area contributed by atoms with Crippen LogP contribution in [0.3, 0.4) is 0 Å². The summed E-state index contributed by atoms with van der Waals surface area (Å²) in [5, 5.41) is 33.3. The van der Waals surface area contributed by atoms with Gasteiger partial charge in [0.25, 0.3) is 0 Å². The number of nitrogens with zero attached hydrogens (tertiary/aromatic N) is 2. The van der Waals surface area contributed by atoms with Gasteiger partial charge in [0.15, 0.2) is 0 Å². The maximum Gasteiger partial charge on any atom is 0.322 e. The topological polar surface area (TPSA) is 203 Å². The first-order valence-electron chi connectivity index (χ1n) is 14.3. The average molecular weight is 596 g/mol. The molecule has 0 radical (unpaired) electrons. The first kappa shape index (κ1) is 31.3. The molecule has 0 saturated carbocycles. The Morgan fingerprint density at radius 3 is 1.79 bits per heavy atom. The number of carboxylic acid groups (broad SMARTS) is 1. The summed E-state index contributed by atoms with van der Waals surface area (Å²) in [4.78, 5) is 67.1. The molecule has 0 aliphatic carbocycles. The highest BCUT2D eigenvalue weighted by Gasteiger charge is 2.41. The Balaban J connectivity index is 1.49. The van der Waals surface area contributed by atoms with Crippen molar-refractivity contribution in [1.82, 2.24) is 20.4 Å². The lowest BCUT2D eigenvalue weighted by Gasteiger charge is -2.31. The lowest BCUT2D eigenvalue weighted by Crippen LogP contribution is -2.58. The van der Waals surface area contributed by atoms with Gasteiger partial charge in [-0.2, -0.15) is 0 Å². The molecule has 0 spiro atoms. The van der Waals surface area contributed by atoms with Crippen LogP contribution in [0.4, 0.5) is 0 Å². The number of phenolic OH excluding ortho intramolecular Hbond substituents is 2. The van der Waals surface area contributed by atoms with Gasteiger partial charge in [0, 0.05) is 19.5 Å². The fourth-order valence-electron chi connectivity index (χ4n) is 5.61. The standard InChI is InChI=1S/C30H37N5O8/c31-22(15-18-5-9-20(36)10-6-18)29(42)34-13-2-4-25(34)28(41)33-23(16-19-7-11-21(37)12-8-19)30(43)35-14-1-3-24(35)27(40)32-17-26(38)39/h5-12,22-25,36-37H,1-4,13-17,31H2,(H,32,40)(H,33,41)(H,38,39). The monoisotopic (exact) mass is 595 g/mol. The molecule has 2 aliphatic heterocycles. The lowest BCUT2D eigenvalue weighted by molar-refractivity contribution is -0.144. The number of likely N-dealkylation sites (tertiary alicyclic amines) is 2. The Morgan fingerprint density at radius 1 is 0.767 bits per heavy atom. The molecule has 2 aromatic carbocycles. The van der Waals surface area contributed by atoms with Crippen molar-refractivity contribution in [2.24, 2.45) is 5.73 Å². The van der Waals surface area contributed by atoms with E-state index in [2.05, 4.69) is 10.6 Å². The minimum Gasteiger partial charge on any atom is -0.508 e. The highest BCUT2D eigenvalue weighted by Crippen LogP contribution is 2.23. The quantitative estimate of drug-likeness (QED) is 0.205. The number of carbonyl (C=O) groups excluding carboxylic acids is 4. The van der Waals surface area contributed by atoms with Crippen LogP contribution in [0.1, 0.15) is 36.8 Å². The zero-order valence-electron chi connectivity index (χ0n) is 23.6. The van der Waals surface area contributed by atoms with Gasteiger partial charge in [-0.3, -0.25) is 24.0 Å². The number of carbonyl (C=O) groups is 5. The predicted molar refractivity (Wildman–Crippen MR) is 154 cm³/mol. The van der Waals surface area contributed by atoms with E-state index in [0.717, 1.165) is 5.56 Å². The number of hydrogen-bond donors (Lipinski definition) is 6. The van der Waals surface area contributed by atoms with Gasteiger partial charge in [0.2, 0.25) is 23.6 Å². The second kappa shape index (κ2) is 14.0. The van der Waals surface area contributed by atoms with E-state index in [9.17, 15) is 34.2 Å². The van der Waals surface area contributed by atoms with Crippen LogP contribution in [0.2, 0.25) is 0 Å². The molecule has 0 bridgehead atoms. The fourth-order valence-corrected chi connectivity index (χ4v) is 5.61. The second-order valence-corrected chi connectivity index (χ2v) is 10.9. The molecule has 4 atom stereocenters. The third kappa shape index (κ3) is 8.01. The van der Waals surface area contributed by atoms with Crippen LogP contribution in [0, 0.1) is 0 Å². The van der Waals surface area contributed by atoms with E-state index in [1.165, 1.54) is 34.1 Å². The Labute approximate surface area is 248 Å². The number of nitrogens with two attached hydrogens (primary N) is 1. The van der Waals surface area contributed by atoms with Crippen LogP contribution in [0.15, 0.2) is 48.5 Å². The van der Waals surface area contributed by atoms with Gasteiger partial charge in [-0.25, -0.2) is 0 Å². The van der Waals surface area contributed by atoms with E-state index in [1.54, 1.807) is 24.3 Å². The van der Waals surface area contributed by atoms with Crippen LogP contribution >= 0.6 is 0 Å². The van der Waals surface area contributed by atoms with Crippen molar-refractivity contribution in [3.05, 3.63) is 59.7 Å². The number of hydrogen-bond acceptors (Lipinski definition) is 8. The van der Waals surface area contributed by atoms with E-state index < -0.39 is 60.3 Å². The minimum absolute atomic E-state index is 0.0362. The predicted octanol–water partition coefficient (Wildman–Crippen LogP) is -0.122. The number of phenols is 2. The van der Waals surface area contributed by atoms with E-state index in [-0.39, 0.29) is 30.9 Å². The normalized spacial score (nSPS) is 19.5. The first-order valence-corrected chi connectivity index (χ1v) is 14.3. The molecule has 0 aromatic heterocycles. The van der Waals surface area contributed by atoms with Gasteiger partial charge in [-0.1, -0.05) is 24.3 Å². The Kier molecular flexibility index (Phi) is 10.2. The molecule has 2 aliphatic rings. The molecule has 230 valence electrons. The van der Waals surface area contributed by atoms with Crippen molar-refractivity contribution in [2.75, 3.05) is 19.6 Å². The Hall–Kier alpha value is -4.65. The maximum atomic E-state index is 13.8. The van der Waals surface area contributed by atoms with Crippen LogP contribution in [-0.2, 0) is 36.8 Å². The summed E-state index contributed by atoms with van der Waals surface area (Å²) < 4.78 is 0. The van der Waals surface area contributed by atoms with Crippen LogP contribution in [0.5, 0.6) is 11.5 Å². The van der Waals surface area contributed by atoms with Crippen LogP contribution < -0.4 is 16.4 Å². The molecule has 2 fully saturated rings. The van der Waals surface area contributed by atoms with Gasteiger partial charge in [-0.15, -0.1) is 0 Å². The Bertz CT molecular complexity index is 1330. The fraction of sp³-hybridized carbons (Fsp3) is 0.433. The lowest BCUT2D eigenvalue weighted by atomic mass is 10.0. The number of nitrogens with one attached hydrogen (secondary N) is 2. The van der Waals surface area contributed by atoms with Gasteiger partial charge in [0.05, 0.1) is 6.04 Å². The summed E-state index contributed by atoms with van der Waals surface area (Å²) in [6.07, 6.45) is 2.11. The van der Waals surface area contributed by atoms with Crippen molar-refractivity contribution in [3.8, 4) is 11.5 Å². The largest absolute Gasteiger partial charge is 0.508 e. The summed E-state index contributed by atoms with van der Waals surface area (Å²) >= 11 is 0. The number of aliphatic carboxylic acids is 1. The van der Waals surface area contributed by atoms with E-state index >= 15 is 0 Å². The molecule has 4 amide bonds. The first-order chi connectivity index (χ1) is 20.5. The van der Waals surface area contributed by atoms with Gasteiger partial charge < -0.3 is 41.5 Å². The number of rotatable bonds is 11. The molecule has 43 heavy (non-hydrogen) atoms. The number of amides is 4. The van der Waals surface area contributed by atoms with Crippen molar-refractivity contribution in [2.45, 2.75) is 62.7 Å². The summed E-state index contributed by atoms with van der Waals surface area (Å²) in [6.45, 7) is 0.00623. The number of aromatic hydroxyl groups is 2. The third-order valence-electron chi connectivity index (χ3n) is 7.79. The molecule has 7 N–H and O–H groups in total. The SMILES string of the molecule is NC(Cc1ccc(O)cc1)C(=O)N1CCCC1C(=O)NC(Cc1ccc(O)cc1)C(=O)N1CCCC1C(=O)NCC(=O)O. The molecule has 2 heterocycles. The molecule has 4 rings (SSSR count). The van der Waals surface area contributed by atoms with Gasteiger partial charge in [0.1, 0.15) is 36.2 Å². The van der Waals surface area contributed by atoms with E-state index in [4.69, 9.17) is 10.8 Å². The van der Waals surface area contributed by atoms with Crippen molar-refractivity contribution in [3.63, 3.8) is 0 Å². The highest BCUT2D eigenvalue weighted by atomic mass is 16.4. The molecule has 13 heteroatoms. The van der Waals surface area contributed by atoms with E-state index in [0.29, 0.717) is 37.8 Å². The van der Waals surface area contributed by atoms with Gasteiger partial charge >= 0.3 is 5.97 Å². The zero-order chi connectivity index (χ0) is 31.1. The highest BCUT2D eigenvalue weighted by molar-refractivity contribution is 5.96. The zero-order valence-corrected chi connectivity index (χ0v) is 23.6. The molecule has 2 aromatic rings. The van der Waals surface area contributed by atoms with Crippen molar-refractivity contribution < 1.29 is 39.3 Å². The summed E-state index contributed by atoms with van der Waals surface area (Å²) in [7, 11) is 0. The summed E-state index contributed by atoms with van der Waals surface area (Å²) in [5.74, 6) is -3.09. The maximum absolute atomic E-state index is 13.8. The average Bonchev–Trinajstić information content (AvgIpc) is 3.68. The number of benzene rings is 2. The van der Waals surface area contributed by atoms with Crippen LogP contribution in [-0.4, -0.2) is 98.5 Å². The Morgan fingerprint density at radius 2 is 1.26 bits per heavy atom. The molecule has 4 unspecified atom stereocenters. The molecular formula is C30H37N5O8. The van der Waals surface area contributed by atoms with Crippen molar-refractivity contribution >= 4 is 29.6 Å².